The molecule has 2 heterocycles. The molecule has 0 fully saturated rings. The van der Waals surface area contributed by atoms with Crippen LogP contribution in [0.25, 0.3) is 10.9 Å². The number of hydrogen-bond donors (Lipinski definition) is 1. The van der Waals surface area contributed by atoms with E-state index in [2.05, 4.69) is 26.2 Å². The third-order valence-corrected chi connectivity index (χ3v) is 3.28. The van der Waals surface area contributed by atoms with Crippen molar-refractivity contribution < 1.29 is 9.90 Å². The molecular weight excluding hydrogens is 312 g/mol. The second-order valence-electron chi connectivity index (χ2n) is 4.08. The van der Waals surface area contributed by atoms with Gasteiger partial charge in [0.1, 0.15) is 6.67 Å². The first kappa shape index (κ1) is 11.9. The minimum Gasteiger partial charge on any atom is -0.476 e. The van der Waals surface area contributed by atoms with Crippen molar-refractivity contribution in [2.45, 2.75) is 6.67 Å². The van der Waals surface area contributed by atoms with Crippen LogP contribution >= 0.6 is 15.9 Å². The first-order valence-corrected chi connectivity index (χ1v) is 6.30. The lowest BCUT2D eigenvalue weighted by atomic mass is 10.2. The Morgan fingerprint density at radius 2 is 2.21 bits per heavy atom. The summed E-state index contributed by atoms with van der Waals surface area (Å²) in [5.41, 5.74) is 0.986. The molecule has 6 nitrogen and oxygen atoms in total. The van der Waals surface area contributed by atoms with Crippen LogP contribution in [0.2, 0.25) is 0 Å². The normalized spacial score (nSPS) is 11.0. The van der Waals surface area contributed by atoms with Gasteiger partial charge in [0.05, 0.1) is 11.7 Å². The van der Waals surface area contributed by atoms with Gasteiger partial charge in [-0.05, 0) is 23.6 Å². The Hall–Kier alpha value is -2.15. The maximum absolute atomic E-state index is 10.7. The highest BCUT2D eigenvalue weighted by molar-refractivity contribution is 9.10. The van der Waals surface area contributed by atoms with Gasteiger partial charge in [0.2, 0.25) is 0 Å². The maximum Gasteiger partial charge on any atom is 0.358 e. The number of carboxylic acids is 1. The number of aromatic carboxylic acids is 1. The molecule has 0 atom stereocenters. The van der Waals surface area contributed by atoms with Gasteiger partial charge in [-0.2, -0.15) is 0 Å². The van der Waals surface area contributed by atoms with Crippen LogP contribution < -0.4 is 0 Å². The molecule has 7 heteroatoms. The van der Waals surface area contributed by atoms with Crippen LogP contribution in [-0.2, 0) is 6.67 Å². The number of benzene rings is 1. The minimum atomic E-state index is -1.08. The Morgan fingerprint density at radius 3 is 2.95 bits per heavy atom. The Morgan fingerprint density at radius 1 is 1.37 bits per heavy atom. The number of fused-ring (bicyclic) bond motifs is 1. The van der Waals surface area contributed by atoms with Crippen LogP contribution in [-0.4, -0.2) is 30.6 Å². The molecule has 0 amide bonds. The molecule has 3 rings (SSSR count). The van der Waals surface area contributed by atoms with Crippen LogP contribution in [0.4, 0.5) is 0 Å². The standard InChI is InChI=1S/C12H9BrN4O2/c13-9-2-1-8-3-4-16(11(8)5-9)7-17-6-10(12(18)19)14-15-17/h1-6H,7H2,(H,18,19). The summed E-state index contributed by atoms with van der Waals surface area (Å²) in [6.45, 7) is 0.417. The van der Waals surface area contributed by atoms with Gasteiger partial charge in [-0.15, -0.1) is 5.10 Å². The zero-order chi connectivity index (χ0) is 13.4. The first-order chi connectivity index (χ1) is 9.13. The van der Waals surface area contributed by atoms with Gasteiger partial charge in [0.15, 0.2) is 5.69 Å². The summed E-state index contributed by atoms with van der Waals surface area (Å²) in [7, 11) is 0. The average Bonchev–Trinajstić information content (AvgIpc) is 2.98. The molecule has 0 radical (unpaired) electrons. The number of carbonyl (C=O) groups is 1. The molecule has 3 aromatic rings. The molecule has 0 spiro atoms. The van der Waals surface area contributed by atoms with E-state index >= 15 is 0 Å². The maximum atomic E-state index is 10.7. The fourth-order valence-corrected chi connectivity index (χ4v) is 2.25. The van der Waals surface area contributed by atoms with Gasteiger partial charge in [0, 0.05) is 10.7 Å². The lowest BCUT2D eigenvalue weighted by molar-refractivity contribution is 0.0690. The molecular formula is C12H9BrN4O2. The van der Waals surface area contributed by atoms with E-state index in [-0.39, 0.29) is 5.69 Å². The van der Waals surface area contributed by atoms with E-state index in [0.29, 0.717) is 6.67 Å². The number of halogens is 1. The molecule has 96 valence electrons. The Bertz CT molecular complexity index is 762. The number of rotatable bonds is 3. The lowest BCUT2D eigenvalue weighted by Gasteiger charge is -2.04. The van der Waals surface area contributed by atoms with Gasteiger partial charge in [-0.25, -0.2) is 9.48 Å². The summed E-state index contributed by atoms with van der Waals surface area (Å²) in [5.74, 6) is -1.08. The molecule has 19 heavy (non-hydrogen) atoms. The van der Waals surface area contributed by atoms with Gasteiger partial charge in [0.25, 0.3) is 0 Å². The van der Waals surface area contributed by atoms with Gasteiger partial charge >= 0.3 is 5.97 Å². The lowest BCUT2D eigenvalue weighted by Crippen LogP contribution is -2.07. The molecule has 0 aliphatic carbocycles. The highest BCUT2D eigenvalue weighted by Gasteiger charge is 2.09. The molecule has 1 aromatic carbocycles. The summed E-state index contributed by atoms with van der Waals surface area (Å²) in [5, 5.41) is 17.3. The van der Waals surface area contributed by atoms with Crippen LogP contribution in [0.15, 0.2) is 41.1 Å². The molecule has 0 saturated heterocycles. The van der Waals surface area contributed by atoms with E-state index in [1.807, 2.05) is 35.0 Å². The van der Waals surface area contributed by atoms with Gasteiger partial charge in [-0.1, -0.05) is 27.2 Å². The van der Waals surface area contributed by atoms with Crippen molar-refractivity contribution in [2.75, 3.05) is 0 Å². The number of carboxylic acid groups (broad SMARTS) is 1. The van der Waals surface area contributed by atoms with Crippen molar-refractivity contribution >= 4 is 32.8 Å². The Labute approximate surface area is 116 Å². The number of aromatic nitrogens is 4. The second-order valence-corrected chi connectivity index (χ2v) is 4.99. The zero-order valence-electron chi connectivity index (χ0n) is 9.69. The van der Waals surface area contributed by atoms with Crippen molar-refractivity contribution in [1.29, 1.82) is 0 Å². The van der Waals surface area contributed by atoms with Crippen LogP contribution in [0, 0.1) is 0 Å². The van der Waals surface area contributed by atoms with E-state index < -0.39 is 5.97 Å². The zero-order valence-corrected chi connectivity index (χ0v) is 11.3. The third kappa shape index (κ3) is 2.24. The molecule has 0 aliphatic rings. The summed E-state index contributed by atoms with van der Waals surface area (Å²) >= 11 is 3.43. The summed E-state index contributed by atoms with van der Waals surface area (Å²) < 4.78 is 4.45. The van der Waals surface area contributed by atoms with Crippen molar-refractivity contribution in [3.05, 3.63) is 46.8 Å². The van der Waals surface area contributed by atoms with E-state index in [0.717, 1.165) is 15.4 Å². The minimum absolute atomic E-state index is 0.0577. The van der Waals surface area contributed by atoms with Crippen LogP contribution in [0.1, 0.15) is 10.5 Å². The Kier molecular flexibility index (Phi) is 2.83. The van der Waals surface area contributed by atoms with E-state index in [1.165, 1.54) is 10.9 Å². The molecule has 0 bridgehead atoms. The van der Waals surface area contributed by atoms with E-state index in [1.54, 1.807) is 0 Å². The summed E-state index contributed by atoms with van der Waals surface area (Å²) in [6, 6.07) is 7.99. The average molecular weight is 321 g/mol. The highest BCUT2D eigenvalue weighted by atomic mass is 79.9. The van der Waals surface area contributed by atoms with Crippen LogP contribution in [0.5, 0.6) is 0 Å². The smallest absolute Gasteiger partial charge is 0.358 e. The molecule has 1 N–H and O–H groups in total. The summed E-state index contributed by atoms with van der Waals surface area (Å²) in [4.78, 5) is 10.7. The van der Waals surface area contributed by atoms with E-state index in [9.17, 15) is 4.79 Å². The monoisotopic (exact) mass is 320 g/mol. The van der Waals surface area contributed by atoms with Crippen molar-refractivity contribution in [2.24, 2.45) is 0 Å². The Balaban J connectivity index is 1.96. The van der Waals surface area contributed by atoms with Gasteiger partial charge < -0.3 is 9.67 Å². The number of hydrogen-bond acceptors (Lipinski definition) is 3. The topological polar surface area (TPSA) is 72.9 Å². The van der Waals surface area contributed by atoms with Crippen molar-refractivity contribution in [3.63, 3.8) is 0 Å². The summed E-state index contributed by atoms with van der Waals surface area (Å²) in [6.07, 6.45) is 3.34. The van der Waals surface area contributed by atoms with Crippen LogP contribution in [0.3, 0.4) is 0 Å². The third-order valence-electron chi connectivity index (χ3n) is 2.79. The van der Waals surface area contributed by atoms with Crippen molar-refractivity contribution in [3.8, 4) is 0 Å². The second kappa shape index (κ2) is 4.51. The highest BCUT2D eigenvalue weighted by Crippen LogP contribution is 2.20. The molecule has 0 unspecified atom stereocenters. The molecule has 0 aliphatic heterocycles. The fraction of sp³-hybridized carbons (Fsp3) is 0.0833. The first-order valence-electron chi connectivity index (χ1n) is 5.51. The molecule has 0 saturated carbocycles. The fourth-order valence-electron chi connectivity index (χ4n) is 1.90. The SMILES string of the molecule is O=C(O)c1cn(Cn2ccc3ccc(Br)cc32)nn1. The number of nitrogens with zero attached hydrogens (tertiary/aromatic N) is 4. The van der Waals surface area contributed by atoms with Crippen molar-refractivity contribution in [1.82, 2.24) is 19.6 Å². The van der Waals surface area contributed by atoms with E-state index in [4.69, 9.17) is 5.11 Å². The van der Waals surface area contributed by atoms with Gasteiger partial charge in [-0.3, -0.25) is 0 Å². The molecule has 2 aromatic heterocycles. The predicted molar refractivity (Wildman–Crippen MR) is 72.0 cm³/mol. The largest absolute Gasteiger partial charge is 0.476 e. The quantitative estimate of drug-likeness (QED) is 0.803. The predicted octanol–water partition coefficient (Wildman–Crippen LogP) is 2.20.